The van der Waals surface area contributed by atoms with Gasteiger partial charge in [-0.15, -0.1) is 0 Å². The van der Waals surface area contributed by atoms with Crippen LogP contribution in [0.3, 0.4) is 0 Å². The van der Waals surface area contributed by atoms with E-state index in [-0.39, 0.29) is 0 Å². The Balaban J connectivity index is 1.92. The van der Waals surface area contributed by atoms with E-state index in [9.17, 15) is 9.90 Å². The van der Waals surface area contributed by atoms with Crippen LogP contribution >= 0.6 is 11.6 Å². The second-order valence-electron chi connectivity index (χ2n) is 6.60. The molecule has 1 heterocycles. The molecule has 3 nitrogen and oxygen atoms in total. The first-order valence-electron chi connectivity index (χ1n) is 7.68. The van der Waals surface area contributed by atoms with E-state index in [1.807, 2.05) is 12.1 Å². The molecular formula is C17H21ClO3. The van der Waals surface area contributed by atoms with Gasteiger partial charge < -0.3 is 9.84 Å². The Morgan fingerprint density at radius 3 is 2.81 bits per heavy atom. The monoisotopic (exact) mass is 308 g/mol. The Kier molecular flexibility index (Phi) is 3.87. The minimum absolute atomic E-state index is 0.526. The van der Waals surface area contributed by atoms with Crippen LogP contribution in [0.2, 0.25) is 5.02 Å². The lowest BCUT2D eigenvalue weighted by Crippen LogP contribution is -2.37. The number of ether oxygens (including phenoxy) is 1. The molecule has 1 N–H and O–H groups in total. The van der Waals surface area contributed by atoms with E-state index in [4.69, 9.17) is 16.3 Å². The van der Waals surface area contributed by atoms with Gasteiger partial charge in [0.1, 0.15) is 5.75 Å². The minimum atomic E-state index is -0.680. The second-order valence-corrected chi connectivity index (χ2v) is 7.03. The molecule has 3 rings (SSSR count). The lowest BCUT2D eigenvalue weighted by Gasteiger charge is -2.36. The third kappa shape index (κ3) is 2.76. The summed E-state index contributed by atoms with van der Waals surface area (Å²) in [5.74, 6) is 0.818. The first-order chi connectivity index (χ1) is 10.00. The van der Waals surface area contributed by atoms with E-state index in [1.165, 1.54) is 0 Å². The third-order valence-electron chi connectivity index (χ3n) is 5.04. The Labute approximate surface area is 130 Å². The summed E-state index contributed by atoms with van der Waals surface area (Å²) in [5, 5.41) is 10.5. The van der Waals surface area contributed by atoms with E-state index in [2.05, 4.69) is 6.92 Å². The summed E-state index contributed by atoms with van der Waals surface area (Å²) in [6.45, 7) is 2.87. The summed E-state index contributed by atoms with van der Waals surface area (Å²) >= 11 is 6.19. The van der Waals surface area contributed by atoms with Crippen molar-refractivity contribution in [3.05, 3.63) is 28.3 Å². The van der Waals surface area contributed by atoms with E-state index >= 15 is 0 Å². The number of halogens is 1. The molecule has 0 unspecified atom stereocenters. The van der Waals surface area contributed by atoms with Crippen molar-refractivity contribution in [1.29, 1.82) is 0 Å². The fourth-order valence-electron chi connectivity index (χ4n) is 3.62. The summed E-state index contributed by atoms with van der Waals surface area (Å²) in [7, 11) is 0. The number of rotatable bonds is 3. The normalized spacial score (nSPS) is 28.0. The van der Waals surface area contributed by atoms with Crippen molar-refractivity contribution >= 4 is 17.6 Å². The van der Waals surface area contributed by atoms with E-state index in [1.54, 1.807) is 0 Å². The van der Waals surface area contributed by atoms with Crippen LogP contribution in [-0.4, -0.2) is 17.7 Å². The summed E-state index contributed by atoms with van der Waals surface area (Å²) in [6, 6.07) is 3.82. The fourth-order valence-corrected chi connectivity index (χ4v) is 3.89. The lowest BCUT2D eigenvalue weighted by molar-refractivity contribution is -0.151. The van der Waals surface area contributed by atoms with Gasteiger partial charge in [-0.25, -0.2) is 0 Å². The molecule has 0 bridgehead atoms. The van der Waals surface area contributed by atoms with Gasteiger partial charge in [-0.2, -0.15) is 0 Å². The number of carbonyl (C=O) groups is 1. The minimum Gasteiger partial charge on any atom is -0.493 e. The van der Waals surface area contributed by atoms with Gasteiger partial charge in [0.15, 0.2) is 0 Å². The highest BCUT2D eigenvalue weighted by molar-refractivity contribution is 6.30. The number of carboxylic acid groups (broad SMARTS) is 1. The molecule has 0 saturated heterocycles. The zero-order valence-electron chi connectivity index (χ0n) is 12.3. The molecule has 0 amide bonds. The molecule has 1 aliphatic heterocycles. The number of hydrogen-bond donors (Lipinski definition) is 1. The van der Waals surface area contributed by atoms with Crippen molar-refractivity contribution < 1.29 is 14.6 Å². The summed E-state index contributed by atoms with van der Waals surface area (Å²) in [4.78, 5) is 11.9. The van der Waals surface area contributed by atoms with Crippen LogP contribution in [0.1, 0.15) is 43.7 Å². The van der Waals surface area contributed by atoms with E-state index in [0.717, 1.165) is 49.0 Å². The average molecular weight is 309 g/mol. The van der Waals surface area contributed by atoms with Crippen molar-refractivity contribution in [2.75, 3.05) is 6.61 Å². The molecule has 1 aromatic rings. The molecule has 0 radical (unpaired) electrons. The van der Waals surface area contributed by atoms with Crippen molar-refractivity contribution in [3.63, 3.8) is 0 Å². The molecule has 0 atom stereocenters. The maximum atomic E-state index is 11.9. The smallest absolute Gasteiger partial charge is 0.309 e. The summed E-state index contributed by atoms with van der Waals surface area (Å²) in [5.41, 5.74) is 1.42. The maximum absolute atomic E-state index is 11.9. The first-order valence-corrected chi connectivity index (χ1v) is 8.05. The van der Waals surface area contributed by atoms with Crippen LogP contribution in [0.5, 0.6) is 5.75 Å². The van der Waals surface area contributed by atoms with Crippen molar-refractivity contribution in [1.82, 2.24) is 0 Å². The summed E-state index contributed by atoms with van der Waals surface area (Å²) in [6.07, 6.45) is 4.83. The predicted octanol–water partition coefficient (Wildman–Crippen LogP) is 4.10. The maximum Gasteiger partial charge on any atom is 0.309 e. The Bertz CT molecular complexity index is 559. The molecule has 0 aromatic heterocycles. The Morgan fingerprint density at radius 1 is 1.43 bits per heavy atom. The number of benzene rings is 1. The zero-order valence-corrected chi connectivity index (χ0v) is 13.1. The topological polar surface area (TPSA) is 46.5 Å². The lowest BCUT2D eigenvalue weighted by atomic mass is 9.67. The summed E-state index contributed by atoms with van der Waals surface area (Å²) < 4.78 is 5.72. The van der Waals surface area contributed by atoms with Crippen molar-refractivity contribution in [2.45, 2.75) is 45.4 Å². The van der Waals surface area contributed by atoms with E-state index in [0.29, 0.717) is 24.0 Å². The van der Waals surface area contributed by atoms with Crippen LogP contribution in [0.25, 0.3) is 0 Å². The highest BCUT2D eigenvalue weighted by Crippen LogP contribution is 2.44. The van der Waals surface area contributed by atoms with Crippen molar-refractivity contribution in [3.8, 4) is 5.75 Å². The fraction of sp³-hybridized carbons (Fsp3) is 0.588. The van der Waals surface area contributed by atoms with Crippen LogP contribution in [0, 0.1) is 11.3 Å². The van der Waals surface area contributed by atoms with Gasteiger partial charge in [-0.05, 0) is 61.3 Å². The quantitative estimate of drug-likeness (QED) is 0.914. The molecule has 21 heavy (non-hydrogen) atoms. The van der Waals surface area contributed by atoms with Crippen LogP contribution in [0.4, 0.5) is 0 Å². The SMILES string of the molecule is CC1CCC(Cc2cc(Cl)cc3c2OCC3)(C(=O)O)CC1. The number of hydrogen-bond acceptors (Lipinski definition) is 2. The van der Waals surface area contributed by atoms with Crippen LogP contribution in [0.15, 0.2) is 12.1 Å². The second kappa shape index (κ2) is 5.53. The Morgan fingerprint density at radius 2 is 2.14 bits per heavy atom. The zero-order chi connectivity index (χ0) is 15.0. The molecule has 1 aliphatic carbocycles. The third-order valence-corrected chi connectivity index (χ3v) is 5.26. The molecular weight excluding hydrogens is 288 g/mol. The molecule has 0 spiro atoms. The predicted molar refractivity (Wildman–Crippen MR) is 82.1 cm³/mol. The van der Waals surface area contributed by atoms with Gasteiger partial charge >= 0.3 is 5.97 Å². The number of carboxylic acids is 1. The van der Waals surface area contributed by atoms with Gasteiger partial charge in [0, 0.05) is 11.4 Å². The molecule has 1 aromatic carbocycles. The van der Waals surface area contributed by atoms with Crippen LogP contribution < -0.4 is 4.74 Å². The Hall–Kier alpha value is -1.22. The standard InChI is InChI=1S/C17H21ClO3/c1-11-2-5-17(6-3-11,16(19)20)10-13-9-14(18)8-12-4-7-21-15(12)13/h8-9,11H,2-7,10H2,1H3,(H,19,20). The highest BCUT2D eigenvalue weighted by atomic mass is 35.5. The van der Waals surface area contributed by atoms with Gasteiger partial charge in [0.2, 0.25) is 0 Å². The first kappa shape index (κ1) is 14.7. The van der Waals surface area contributed by atoms with Crippen molar-refractivity contribution in [2.24, 2.45) is 11.3 Å². The van der Waals surface area contributed by atoms with Crippen LogP contribution in [-0.2, 0) is 17.6 Å². The largest absolute Gasteiger partial charge is 0.493 e. The van der Waals surface area contributed by atoms with Gasteiger partial charge in [-0.1, -0.05) is 18.5 Å². The highest BCUT2D eigenvalue weighted by Gasteiger charge is 2.42. The van der Waals surface area contributed by atoms with Gasteiger partial charge in [-0.3, -0.25) is 4.79 Å². The molecule has 2 aliphatic rings. The molecule has 1 fully saturated rings. The van der Waals surface area contributed by atoms with E-state index < -0.39 is 11.4 Å². The molecule has 114 valence electrons. The average Bonchev–Trinajstić information content (AvgIpc) is 2.89. The molecule has 1 saturated carbocycles. The number of fused-ring (bicyclic) bond motifs is 1. The van der Waals surface area contributed by atoms with Gasteiger partial charge in [0.25, 0.3) is 0 Å². The molecule has 4 heteroatoms. The van der Waals surface area contributed by atoms with Gasteiger partial charge in [0.05, 0.1) is 12.0 Å². The number of aliphatic carboxylic acids is 1.